The maximum absolute atomic E-state index is 13.2. The monoisotopic (exact) mass is 422 g/mol. The summed E-state index contributed by atoms with van der Waals surface area (Å²) >= 11 is 0. The topological polar surface area (TPSA) is 124 Å². The molecule has 2 aliphatic rings. The lowest BCUT2D eigenvalue weighted by atomic mass is 9.86. The maximum atomic E-state index is 13.2. The number of benzene rings is 2. The second-order valence-electron chi connectivity index (χ2n) is 7.90. The average Bonchev–Trinajstić information content (AvgIpc) is 3.14. The number of rotatable bonds is 4. The van der Waals surface area contributed by atoms with Crippen LogP contribution in [0.3, 0.4) is 0 Å². The van der Waals surface area contributed by atoms with E-state index in [1.54, 1.807) is 23.1 Å². The Labute approximate surface area is 177 Å². The molecule has 4 N–H and O–H groups in total. The minimum absolute atomic E-state index is 0.106. The van der Waals surface area contributed by atoms with E-state index in [1.165, 1.54) is 11.0 Å². The fraction of sp³-hybridized carbons (Fsp3) is 0.273. The predicted molar refractivity (Wildman–Crippen MR) is 110 cm³/mol. The third-order valence-corrected chi connectivity index (χ3v) is 6.16. The van der Waals surface area contributed by atoms with E-state index >= 15 is 0 Å². The van der Waals surface area contributed by atoms with E-state index in [9.17, 15) is 25.1 Å². The van der Waals surface area contributed by atoms with Crippen molar-refractivity contribution in [3.05, 3.63) is 70.6 Å². The van der Waals surface area contributed by atoms with Gasteiger partial charge in [0.15, 0.2) is 5.69 Å². The molecular weight excluding hydrogens is 400 g/mol. The third-order valence-electron chi connectivity index (χ3n) is 6.16. The zero-order chi connectivity index (χ0) is 21.7. The standard InChI is InChI=1S/C22H22N4O5/c27-9-8-24-12-19(28)25-18(22(24)29)11-16-15-6-1-2-7-17(15)23-20(16)21(25)13-4-3-5-14(10-13)26(30)31/h1-7,10,18,21,23,26-27,30H,8-9,11-12H2/t18-,21?/m0/s1. The van der Waals surface area contributed by atoms with Crippen molar-refractivity contribution in [2.75, 3.05) is 19.7 Å². The fourth-order valence-corrected chi connectivity index (χ4v) is 4.82. The van der Waals surface area contributed by atoms with Crippen LogP contribution in [0.4, 0.5) is 5.69 Å². The van der Waals surface area contributed by atoms with Crippen LogP contribution in [0.2, 0.25) is 0 Å². The summed E-state index contributed by atoms with van der Waals surface area (Å²) in [6.45, 7) is -0.219. The van der Waals surface area contributed by atoms with Crippen molar-refractivity contribution in [3.8, 4) is 0 Å². The number of nitrogens with one attached hydrogen (secondary N) is 2. The first-order valence-corrected chi connectivity index (χ1v) is 10.1. The molecule has 5 rings (SSSR count). The number of hydrogen-bond acceptors (Lipinski definition) is 5. The smallest absolute Gasteiger partial charge is 0.246 e. The second kappa shape index (κ2) is 7.47. The molecule has 3 atom stereocenters. The molecule has 3 aromatic rings. The summed E-state index contributed by atoms with van der Waals surface area (Å²) in [6.07, 6.45) is 0.362. The van der Waals surface area contributed by atoms with E-state index in [1.807, 2.05) is 24.3 Å². The number of aliphatic hydroxyl groups is 1. The number of carbonyl (C=O) groups is 2. The van der Waals surface area contributed by atoms with Gasteiger partial charge in [-0.2, -0.15) is 5.23 Å². The molecule has 0 radical (unpaired) electrons. The fourth-order valence-electron chi connectivity index (χ4n) is 4.82. The van der Waals surface area contributed by atoms with Crippen molar-refractivity contribution >= 4 is 28.4 Å². The molecule has 9 heteroatoms. The third kappa shape index (κ3) is 3.10. The second-order valence-corrected chi connectivity index (χ2v) is 7.90. The Morgan fingerprint density at radius 3 is 2.74 bits per heavy atom. The molecule has 2 aliphatic heterocycles. The molecule has 31 heavy (non-hydrogen) atoms. The van der Waals surface area contributed by atoms with Crippen molar-refractivity contribution in [2.24, 2.45) is 0 Å². The minimum atomic E-state index is -1.05. The Bertz CT molecular complexity index is 1170. The molecule has 1 fully saturated rings. The number of quaternary nitrogens is 1. The SMILES string of the molecule is O=C1[C@@H]2Cc3c([nH]c4ccccc34)C(c3cccc([NH+]([O-])O)c3)N2C(=O)CN1CCO. The van der Waals surface area contributed by atoms with Gasteiger partial charge < -0.3 is 25.1 Å². The van der Waals surface area contributed by atoms with Crippen molar-refractivity contribution in [1.82, 2.24) is 14.8 Å². The zero-order valence-corrected chi connectivity index (χ0v) is 16.6. The summed E-state index contributed by atoms with van der Waals surface area (Å²) in [4.78, 5) is 32.8. The Balaban J connectivity index is 1.71. The highest BCUT2D eigenvalue weighted by Gasteiger charge is 2.48. The van der Waals surface area contributed by atoms with Gasteiger partial charge in [-0.25, -0.2) is 5.21 Å². The van der Waals surface area contributed by atoms with Crippen molar-refractivity contribution in [2.45, 2.75) is 18.5 Å². The molecule has 1 aromatic heterocycles. The first-order chi connectivity index (χ1) is 15.0. The van der Waals surface area contributed by atoms with Crippen LogP contribution in [0.1, 0.15) is 22.9 Å². The predicted octanol–water partition coefficient (Wildman–Crippen LogP) is 0.249. The van der Waals surface area contributed by atoms with Crippen molar-refractivity contribution in [3.63, 3.8) is 0 Å². The van der Waals surface area contributed by atoms with Crippen LogP contribution in [0.25, 0.3) is 10.9 Å². The van der Waals surface area contributed by atoms with Crippen LogP contribution in [-0.2, 0) is 16.0 Å². The van der Waals surface area contributed by atoms with Gasteiger partial charge in [-0.3, -0.25) is 9.59 Å². The molecule has 0 saturated carbocycles. The maximum Gasteiger partial charge on any atom is 0.246 e. The summed E-state index contributed by atoms with van der Waals surface area (Å²) in [5, 5.41) is 30.3. The van der Waals surface area contributed by atoms with Gasteiger partial charge in [0, 0.05) is 41.7 Å². The van der Waals surface area contributed by atoms with Crippen LogP contribution in [0, 0.1) is 5.21 Å². The van der Waals surface area contributed by atoms with E-state index in [4.69, 9.17) is 0 Å². The lowest BCUT2D eigenvalue weighted by Crippen LogP contribution is -2.99. The van der Waals surface area contributed by atoms with Crippen LogP contribution < -0.4 is 5.23 Å². The molecule has 0 spiro atoms. The van der Waals surface area contributed by atoms with Gasteiger partial charge >= 0.3 is 0 Å². The normalized spacial score (nSPS) is 21.9. The van der Waals surface area contributed by atoms with Gasteiger partial charge in [-0.15, -0.1) is 0 Å². The molecule has 2 unspecified atom stereocenters. The van der Waals surface area contributed by atoms with Crippen LogP contribution in [-0.4, -0.2) is 62.7 Å². The van der Waals surface area contributed by atoms with E-state index in [0.29, 0.717) is 12.0 Å². The van der Waals surface area contributed by atoms with Gasteiger partial charge in [0.25, 0.3) is 0 Å². The summed E-state index contributed by atoms with van der Waals surface area (Å²) < 4.78 is 0. The summed E-state index contributed by atoms with van der Waals surface area (Å²) in [5.41, 5.74) is 3.41. The van der Waals surface area contributed by atoms with Gasteiger partial charge in [0.05, 0.1) is 19.2 Å². The largest absolute Gasteiger partial charge is 0.595 e. The Morgan fingerprint density at radius 2 is 1.97 bits per heavy atom. The van der Waals surface area contributed by atoms with Crippen molar-refractivity contribution in [1.29, 1.82) is 0 Å². The highest BCUT2D eigenvalue weighted by atomic mass is 16.8. The quantitative estimate of drug-likeness (QED) is 0.449. The van der Waals surface area contributed by atoms with Crippen LogP contribution >= 0.6 is 0 Å². The number of para-hydroxylation sites is 1. The van der Waals surface area contributed by atoms with Gasteiger partial charge in [-0.1, -0.05) is 30.3 Å². The molecule has 2 aromatic carbocycles. The summed E-state index contributed by atoms with van der Waals surface area (Å²) in [6, 6.07) is 12.9. The Morgan fingerprint density at radius 1 is 1.16 bits per heavy atom. The molecule has 2 amide bonds. The number of piperazine rings is 1. The number of H-pyrrole nitrogens is 1. The van der Waals surface area contributed by atoms with Gasteiger partial charge in [-0.05, 0) is 17.2 Å². The van der Waals surface area contributed by atoms with E-state index in [0.717, 1.165) is 22.2 Å². The van der Waals surface area contributed by atoms with E-state index < -0.39 is 17.3 Å². The number of hydrogen-bond donors (Lipinski definition) is 4. The number of nitrogens with zero attached hydrogens (tertiary/aromatic N) is 2. The average molecular weight is 422 g/mol. The summed E-state index contributed by atoms with van der Waals surface area (Å²) in [7, 11) is 0. The first-order valence-electron chi connectivity index (χ1n) is 10.1. The molecule has 3 heterocycles. The van der Waals surface area contributed by atoms with E-state index in [-0.39, 0.29) is 37.2 Å². The van der Waals surface area contributed by atoms with Crippen LogP contribution in [0.5, 0.6) is 0 Å². The number of amides is 2. The number of aromatic nitrogens is 1. The molecule has 0 aliphatic carbocycles. The highest BCUT2D eigenvalue weighted by molar-refractivity contribution is 5.97. The Hall–Kier alpha value is -3.24. The Kier molecular flexibility index (Phi) is 4.75. The molecule has 1 saturated heterocycles. The molecule has 160 valence electrons. The summed E-state index contributed by atoms with van der Waals surface area (Å²) in [5.74, 6) is -0.433. The lowest BCUT2D eigenvalue weighted by molar-refractivity contribution is -0.991. The number of fused-ring (bicyclic) bond motifs is 4. The number of carbonyl (C=O) groups excluding carboxylic acids is 2. The van der Waals surface area contributed by atoms with Gasteiger partial charge in [0.2, 0.25) is 11.8 Å². The highest BCUT2D eigenvalue weighted by Crippen LogP contribution is 2.42. The number of β-amino-alcohol motifs (C(OH)–C–C–N with tert-alkyl or cyclic N) is 1. The lowest BCUT2D eigenvalue weighted by Gasteiger charge is -2.47. The van der Waals surface area contributed by atoms with E-state index in [2.05, 4.69) is 4.98 Å². The van der Waals surface area contributed by atoms with Gasteiger partial charge in [0.1, 0.15) is 6.04 Å². The molecule has 9 nitrogen and oxygen atoms in total. The van der Waals surface area contributed by atoms with Crippen LogP contribution in [0.15, 0.2) is 48.5 Å². The molecule has 0 bridgehead atoms. The zero-order valence-electron chi connectivity index (χ0n) is 16.6. The minimum Gasteiger partial charge on any atom is -0.595 e. The number of aliphatic hydroxyl groups excluding tert-OH is 1. The van der Waals surface area contributed by atoms with Crippen molar-refractivity contribution < 1.29 is 25.1 Å². The number of aromatic amines is 1. The molecular formula is C22H22N4O5. The first kappa shape index (κ1) is 19.7.